The lowest BCUT2D eigenvalue weighted by molar-refractivity contribution is -0.141. The Morgan fingerprint density at radius 2 is 1.27 bits per heavy atom. The molecular formula is C36H25F3N4O. The van der Waals surface area contributed by atoms with Gasteiger partial charge in [0.15, 0.2) is 11.5 Å². The van der Waals surface area contributed by atoms with Crippen LogP contribution in [0.5, 0.6) is 0 Å². The number of halogens is 3. The molecule has 0 bridgehead atoms. The van der Waals surface area contributed by atoms with E-state index < -0.39 is 17.4 Å². The van der Waals surface area contributed by atoms with Gasteiger partial charge in [-0.25, -0.2) is 0 Å². The first-order valence-electron chi connectivity index (χ1n) is 14.0. The summed E-state index contributed by atoms with van der Waals surface area (Å²) in [5.74, 6) is 0.509. The van der Waals surface area contributed by atoms with Crippen LogP contribution in [-0.2, 0) is 11.7 Å². The van der Waals surface area contributed by atoms with E-state index in [1.165, 1.54) is 10.9 Å². The van der Waals surface area contributed by atoms with Crippen LogP contribution in [0.15, 0.2) is 138 Å². The average molecular weight is 587 g/mol. The van der Waals surface area contributed by atoms with Crippen LogP contribution in [0.4, 0.5) is 13.2 Å². The maximum atomic E-state index is 14.9. The molecule has 0 amide bonds. The minimum Gasteiger partial charge on any atom is -0.356 e. The first-order chi connectivity index (χ1) is 21.4. The van der Waals surface area contributed by atoms with Gasteiger partial charge in [0.1, 0.15) is 5.54 Å². The van der Waals surface area contributed by atoms with Gasteiger partial charge in [-0.15, -0.1) is 0 Å². The van der Waals surface area contributed by atoms with Crippen molar-refractivity contribution in [2.75, 3.05) is 0 Å². The molecule has 44 heavy (non-hydrogen) atoms. The Kier molecular flexibility index (Phi) is 6.62. The number of benzene rings is 4. The fourth-order valence-electron chi connectivity index (χ4n) is 5.92. The molecule has 4 aromatic carbocycles. The summed E-state index contributed by atoms with van der Waals surface area (Å²) < 4.78 is 51.6. The molecular weight excluding hydrogens is 561 g/mol. The first-order valence-corrected chi connectivity index (χ1v) is 14.0. The Bertz CT molecular complexity index is 1970. The SMILES string of the molecule is Cc1cc(-c2ccnc3ccc(-c4cn(C(c5ccccc5)(c5ccccc5)c5ccccc5)nc4C(F)(F)F)cc23)on1. The fraction of sp³-hybridized carbons (Fsp3) is 0.0833. The van der Waals surface area contributed by atoms with Crippen molar-refractivity contribution < 1.29 is 17.7 Å². The minimum atomic E-state index is -4.73. The summed E-state index contributed by atoms with van der Waals surface area (Å²) in [4.78, 5) is 4.44. The molecule has 0 saturated heterocycles. The molecule has 0 atom stereocenters. The normalized spacial score (nSPS) is 12.1. The van der Waals surface area contributed by atoms with Crippen LogP contribution >= 0.6 is 0 Å². The number of rotatable bonds is 6. The zero-order valence-corrected chi connectivity index (χ0v) is 23.5. The second-order valence-corrected chi connectivity index (χ2v) is 10.6. The van der Waals surface area contributed by atoms with Crippen molar-refractivity contribution in [3.63, 3.8) is 0 Å². The topological polar surface area (TPSA) is 56.7 Å². The molecule has 0 spiro atoms. The summed E-state index contributed by atoms with van der Waals surface area (Å²) in [6, 6.07) is 37.1. The van der Waals surface area contributed by atoms with Crippen molar-refractivity contribution in [2.45, 2.75) is 18.6 Å². The minimum absolute atomic E-state index is 0.0462. The quantitative estimate of drug-likeness (QED) is 0.183. The summed E-state index contributed by atoms with van der Waals surface area (Å²) in [5, 5.41) is 9.00. The van der Waals surface area contributed by atoms with E-state index in [9.17, 15) is 13.2 Å². The zero-order chi connectivity index (χ0) is 30.3. The second-order valence-electron chi connectivity index (χ2n) is 10.6. The van der Waals surface area contributed by atoms with E-state index in [0.29, 0.717) is 33.5 Å². The molecule has 3 aromatic heterocycles. The van der Waals surface area contributed by atoms with Gasteiger partial charge in [-0.05, 0) is 47.4 Å². The van der Waals surface area contributed by atoms with Gasteiger partial charge in [0.25, 0.3) is 0 Å². The van der Waals surface area contributed by atoms with Crippen molar-refractivity contribution in [3.05, 3.63) is 162 Å². The molecule has 0 aliphatic carbocycles. The molecule has 8 heteroatoms. The van der Waals surface area contributed by atoms with Crippen LogP contribution in [0.1, 0.15) is 28.1 Å². The zero-order valence-electron chi connectivity index (χ0n) is 23.5. The van der Waals surface area contributed by atoms with Crippen LogP contribution in [0.2, 0.25) is 0 Å². The number of fused-ring (bicyclic) bond motifs is 1. The lowest BCUT2D eigenvalue weighted by atomic mass is 9.77. The van der Waals surface area contributed by atoms with Crippen molar-refractivity contribution >= 4 is 10.9 Å². The number of aryl methyl sites for hydroxylation is 1. The molecule has 3 heterocycles. The highest BCUT2D eigenvalue weighted by Gasteiger charge is 2.44. The highest BCUT2D eigenvalue weighted by atomic mass is 19.4. The molecule has 0 saturated carbocycles. The molecule has 7 rings (SSSR count). The molecule has 0 aliphatic rings. The lowest BCUT2D eigenvalue weighted by Crippen LogP contribution is -2.38. The van der Waals surface area contributed by atoms with E-state index in [1.807, 2.05) is 97.9 Å². The highest BCUT2D eigenvalue weighted by molar-refractivity contribution is 5.96. The first kappa shape index (κ1) is 27.3. The van der Waals surface area contributed by atoms with Crippen LogP contribution < -0.4 is 0 Å². The van der Waals surface area contributed by atoms with E-state index in [0.717, 1.165) is 16.7 Å². The maximum absolute atomic E-state index is 14.9. The Morgan fingerprint density at radius 1 is 0.682 bits per heavy atom. The third-order valence-electron chi connectivity index (χ3n) is 7.85. The second kappa shape index (κ2) is 10.6. The number of hydrogen-bond donors (Lipinski definition) is 0. The molecule has 0 unspecified atom stereocenters. The summed E-state index contributed by atoms with van der Waals surface area (Å²) in [5.41, 5.74) is 2.43. The summed E-state index contributed by atoms with van der Waals surface area (Å²) in [6.07, 6.45) is -1.58. The van der Waals surface area contributed by atoms with Gasteiger partial charge in [0, 0.05) is 35.0 Å². The predicted molar refractivity (Wildman–Crippen MR) is 163 cm³/mol. The van der Waals surface area contributed by atoms with Gasteiger partial charge < -0.3 is 4.52 Å². The number of pyridine rings is 1. The number of aromatic nitrogens is 4. The van der Waals surface area contributed by atoms with Gasteiger partial charge in [0.05, 0.1) is 11.2 Å². The summed E-state index contributed by atoms with van der Waals surface area (Å²) in [7, 11) is 0. The van der Waals surface area contributed by atoms with E-state index in [4.69, 9.17) is 4.52 Å². The standard InChI is InChI=1S/C36H25F3N4O/c1-24-21-33(44-42-24)29-19-20-40-32-18-17-25(22-30(29)32)31-23-43(41-34(31)36(37,38)39)35(26-11-5-2-6-12-26,27-13-7-3-8-14-27)28-15-9-4-10-16-28/h2-23H,1H3. The average Bonchev–Trinajstić information content (AvgIpc) is 3.70. The highest BCUT2D eigenvalue weighted by Crippen LogP contribution is 2.44. The van der Waals surface area contributed by atoms with E-state index >= 15 is 0 Å². The number of alkyl halides is 3. The number of nitrogens with zero attached hydrogens (tertiary/aromatic N) is 4. The van der Waals surface area contributed by atoms with Crippen LogP contribution in [0.3, 0.4) is 0 Å². The third kappa shape index (κ3) is 4.55. The van der Waals surface area contributed by atoms with Gasteiger partial charge in [0.2, 0.25) is 0 Å². The molecule has 0 fully saturated rings. The van der Waals surface area contributed by atoms with Crippen molar-refractivity contribution in [3.8, 4) is 22.5 Å². The molecule has 7 aromatic rings. The largest absolute Gasteiger partial charge is 0.435 e. The van der Waals surface area contributed by atoms with Crippen LogP contribution in [-0.4, -0.2) is 19.9 Å². The summed E-state index contributed by atoms with van der Waals surface area (Å²) >= 11 is 0. The third-order valence-corrected chi connectivity index (χ3v) is 7.85. The fourth-order valence-corrected chi connectivity index (χ4v) is 5.92. The Hall–Kier alpha value is -5.50. The molecule has 5 nitrogen and oxygen atoms in total. The van der Waals surface area contributed by atoms with Crippen LogP contribution in [0.25, 0.3) is 33.4 Å². The summed E-state index contributed by atoms with van der Waals surface area (Å²) in [6.45, 7) is 1.81. The van der Waals surface area contributed by atoms with E-state index in [1.54, 1.807) is 36.5 Å². The predicted octanol–water partition coefficient (Wildman–Crippen LogP) is 8.92. The van der Waals surface area contributed by atoms with Gasteiger partial charge >= 0.3 is 6.18 Å². The van der Waals surface area contributed by atoms with Gasteiger partial charge in [-0.2, -0.15) is 18.3 Å². The monoisotopic (exact) mass is 586 g/mol. The molecule has 0 N–H and O–H groups in total. The molecule has 0 aliphatic heterocycles. The van der Waals surface area contributed by atoms with Crippen LogP contribution in [0, 0.1) is 6.92 Å². The smallest absolute Gasteiger partial charge is 0.356 e. The van der Waals surface area contributed by atoms with E-state index in [-0.39, 0.29) is 5.56 Å². The maximum Gasteiger partial charge on any atom is 0.435 e. The molecule has 0 radical (unpaired) electrons. The van der Waals surface area contributed by atoms with Gasteiger partial charge in [-0.3, -0.25) is 9.67 Å². The number of hydrogen-bond acceptors (Lipinski definition) is 4. The van der Waals surface area contributed by atoms with Gasteiger partial charge in [-0.1, -0.05) is 102 Å². The Balaban J connectivity index is 1.53. The van der Waals surface area contributed by atoms with Crippen molar-refractivity contribution in [1.29, 1.82) is 0 Å². The van der Waals surface area contributed by atoms with E-state index in [2.05, 4.69) is 15.2 Å². The Labute approximate surface area is 251 Å². The lowest BCUT2D eigenvalue weighted by Gasteiger charge is -2.36. The molecule has 216 valence electrons. The van der Waals surface area contributed by atoms with Crippen molar-refractivity contribution in [2.24, 2.45) is 0 Å². The van der Waals surface area contributed by atoms with Crippen molar-refractivity contribution in [1.82, 2.24) is 19.9 Å². The Morgan fingerprint density at radius 3 is 1.80 bits per heavy atom.